The number of nitrogens with zero attached hydrogens (tertiary/aromatic N) is 3. The molecule has 0 N–H and O–H groups in total. The van der Waals surface area contributed by atoms with Crippen LogP contribution in [0.25, 0.3) is 121 Å². The number of para-hydroxylation sites is 1. The average molecular weight is 716 g/mol. The molecular formula is C51H29N3O2. The zero-order chi connectivity index (χ0) is 36.7. The van der Waals surface area contributed by atoms with Crippen LogP contribution in [0.1, 0.15) is 0 Å². The highest BCUT2D eigenvalue weighted by atomic mass is 16.3. The molecule has 0 atom stereocenters. The molecule has 9 aromatic carbocycles. The van der Waals surface area contributed by atoms with Crippen molar-refractivity contribution in [3.63, 3.8) is 0 Å². The van der Waals surface area contributed by atoms with Gasteiger partial charge < -0.3 is 8.83 Å². The van der Waals surface area contributed by atoms with Gasteiger partial charge in [-0.1, -0.05) is 133 Å². The van der Waals surface area contributed by atoms with Crippen LogP contribution < -0.4 is 0 Å². The Morgan fingerprint density at radius 1 is 0.286 bits per heavy atom. The maximum atomic E-state index is 6.53. The second-order valence-electron chi connectivity index (χ2n) is 14.4. The summed E-state index contributed by atoms with van der Waals surface area (Å²) in [5.41, 5.74) is 8.25. The highest BCUT2D eigenvalue weighted by Crippen LogP contribution is 2.40. The first-order valence-electron chi connectivity index (χ1n) is 18.8. The topological polar surface area (TPSA) is 65.0 Å². The molecule has 5 heteroatoms. The van der Waals surface area contributed by atoms with E-state index in [0.717, 1.165) is 87.9 Å². The van der Waals surface area contributed by atoms with Crippen LogP contribution in [0.5, 0.6) is 0 Å². The van der Waals surface area contributed by atoms with E-state index in [1.807, 2.05) is 30.3 Å². The number of benzene rings is 9. The molecule has 0 aliphatic carbocycles. The fraction of sp³-hybridized carbons (Fsp3) is 0. The molecule has 56 heavy (non-hydrogen) atoms. The summed E-state index contributed by atoms with van der Waals surface area (Å²) in [6, 6.07) is 61.0. The molecule has 3 heterocycles. The van der Waals surface area contributed by atoms with E-state index in [0.29, 0.717) is 17.5 Å². The number of aromatic nitrogens is 3. The minimum Gasteiger partial charge on any atom is -0.456 e. The molecule has 12 aromatic rings. The molecule has 0 unspecified atom stereocenters. The highest BCUT2D eigenvalue weighted by molar-refractivity contribution is 6.19. The van der Waals surface area contributed by atoms with E-state index in [2.05, 4.69) is 146 Å². The Balaban J connectivity index is 1.09. The second kappa shape index (κ2) is 11.9. The first-order chi connectivity index (χ1) is 27.7. The van der Waals surface area contributed by atoms with Crippen LogP contribution in [-0.4, -0.2) is 15.0 Å². The van der Waals surface area contributed by atoms with Crippen molar-refractivity contribution in [2.24, 2.45) is 0 Å². The van der Waals surface area contributed by atoms with Gasteiger partial charge in [0.1, 0.15) is 22.3 Å². The molecule has 0 spiro atoms. The monoisotopic (exact) mass is 715 g/mol. The smallest absolute Gasteiger partial charge is 0.164 e. The third-order valence-electron chi connectivity index (χ3n) is 11.1. The lowest BCUT2D eigenvalue weighted by Gasteiger charge is -2.11. The molecule has 0 radical (unpaired) electrons. The first kappa shape index (κ1) is 30.8. The maximum Gasteiger partial charge on any atom is 0.164 e. The summed E-state index contributed by atoms with van der Waals surface area (Å²) < 4.78 is 12.8. The van der Waals surface area contributed by atoms with Crippen molar-refractivity contribution in [2.75, 3.05) is 0 Å². The van der Waals surface area contributed by atoms with Crippen LogP contribution in [-0.2, 0) is 0 Å². The molecule has 260 valence electrons. The number of hydrogen-bond donors (Lipinski definition) is 0. The van der Waals surface area contributed by atoms with Crippen molar-refractivity contribution in [1.29, 1.82) is 0 Å². The quantitative estimate of drug-likeness (QED) is 0.170. The Hall–Kier alpha value is -7.63. The van der Waals surface area contributed by atoms with E-state index in [4.69, 9.17) is 23.8 Å². The van der Waals surface area contributed by atoms with Gasteiger partial charge in [0.15, 0.2) is 17.5 Å². The summed E-state index contributed by atoms with van der Waals surface area (Å²) in [7, 11) is 0. The molecule has 5 nitrogen and oxygen atoms in total. The summed E-state index contributed by atoms with van der Waals surface area (Å²) >= 11 is 0. The predicted molar refractivity (Wildman–Crippen MR) is 229 cm³/mol. The molecule has 0 amide bonds. The molecule has 0 bridgehead atoms. The number of furan rings is 2. The minimum atomic E-state index is 0.580. The largest absolute Gasteiger partial charge is 0.456 e. The summed E-state index contributed by atoms with van der Waals surface area (Å²) in [6.45, 7) is 0. The van der Waals surface area contributed by atoms with E-state index >= 15 is 0 Å². The SMILES string of the molecule is c1ccc(-c2ccc3c(c2)oc2cccc(-c4nc(-c5ccc6c(ccc7ccccc76)c5)nc(-c5ccc6ccc7oc8ccccc8c7c6c5)n4)c23)cc1. The second-order valence-corrected chi connectivity index (χ2v) is 14.4. The number of fused-ring (bicyclic) bond motifs is 11. The van der Waals surface area contributed by atoms with Crippen molar-refractivity contribution < 1.29 is 8.83 Å². The lowest BCUT2D eigenvalue weighted by atomic mass is 9.99. The van der Waals surface area contributed by atoms with Crippen molar-refractivity contribution >= 4 is 76.2 Å². The Labute approximate surface area is 320 Å². The molecule has 3 aromatic heterocycles. The average Bonchev–Trinajstić information content (AvgIpc) is 3.84. The van der Waals surface area contributed by atoms with Crippen LogP contribution in [0.2, 0.25) is 0 Å². The number of hydrogen-bond acceptors (Lipinski definition) is 5. The van der Waals surface area contributed by atoms with E-state index < -0.39 is 0 Å². The zero-order valence-electron chi connectivity index (χ0n) is 29.9. The lowest BCUT2D eigenvalue weighted by Crippen LogP contribution is -2.00. The van der Waals surface area contributed by atoms with Crippen molar-refractivity contribution in [3.8, 4) is 45.3 Å². The molecule has 0 fully saturated rings. The standard InChI is InChI=1S/C51H29N3O2/c1-2-9-30(10-3-1)33-21-25-40-46(29-33)56-44-16-8-14-41(47(40)44)51-53-49(35-22-24-38-34(27-35)19-17-31-11-4-5-12-37(31)38)52-50(54-51)36-20-18-32-23-26-45-48(42(32)28-36)39-13-6-7-15-43(39)55-45/h1-29H. The molecule has 0 aliphatic heterocycles. The van der Waals surface area contributed by atoms with Gasteiger partial charge in [0, 0.05) is 38.2 Å². The van der Waals surface area contributed by atoms with E-state index in [1.54, 1.807) is 0 Å². The fourth-order valence-corrected chi connectivity index (χ4v) is 8.41. The van der Waals surface area contributed by atoms with E-state index in [1.165, 1.54) is 16.2 Å². The molecule has 0 saturated heterocycles. The van der Waals surface area contributed by atoms with Gasteiger partial charge in [0.2, 0.25) is 0 Å². The lowest BCUT2D eigenvalue weighted by molar-refractivity contribution is 0.669. The van der Waals surface area contributed by atoms with Gasteiger partial charge in [-0.05, 0) is 85.9 Å². The zero-order valence-corrected chi connectivity index (χ0v) is 29.9. The fourth-order valence-electron chi connectivity index (χ4n) is 8.41. The maximum absolute atomic E-state index is 6.53. The summed E-state index contributed by atoms with van der Waals surface area (Å²) in [5, 5.41) is 11.1. The Morgan fingerprint density at radius 3 is 1.79 bits per heavy atom. The third kappa shape index (κ3) is 4.78. The van der Waals surface area contributed by atoms with Crippen molar-refractivity contribution in [3.05, 3.63) is 176 Å². The molecular weight excluding hydrogens is 687 g/mol. The normalized spacial score (nSPS) is 11.9. The highest BCUT2D eigenvalue weighted by Gasteiger charge is 2.20. The summed E-state index contributed by atoms with van der Waals surface area (Å²) in [5.74, 6) is 1.77. The van der Waals surface area contributed by atoms with Crippen molar-refractivity contribution in [2.45, 2.75) is 0 Å². The van der Waals surface area contributed by atoms with Crippen LogP contribution in [0, 0.1) is 0 Å². The van der Waals surface area contributed by atoms with E-state index in [9.17, 15) is 0 Å². The predicted octanol–water partition coefficient (Wildman–Crippen LogP) is 13.8. The van der Waals surface area contributed by atoms with Gasteiger partial charge in [-0.2, -0.15) is 0 Å². The summed E-state index contributed by atoms with van der Waals surface area (Å²) in [6.07, 6.45) is 0. The minimum absolute atomic E-state index is 0.580. The van der Waals surface area contributed by atoms with Crippen LogP contribution >= 0.6 is 0 Å². The van der Waals surface area contributed by atoms with Crippen molar-refractivity contribution in [1.82, 2.24) is 15.0 Å². The Morgan fingerprint density at radius 2 is 0.875 bits per heavy atom. The third-order valence-corrected chi connectivity index (χ3v) is 11.1. The van der Waals surface area contributed by atoms with Crippen LogP contribution in [0.4, 0.5) is 0 Å². The van der Waals surface area contributed by atoms with Gasteiger partial charge in [-0.3, -0.25) is 0 Å². The van der Waals surface area contributed by atoms with Gasteiger partial charge in [0.05, 0.1) is 0 Å². The van der Waals surface area contributed by atoms with Crippen LogP contribution in [0.3, 0.4) is 0 Å². The summed E-state index contributed by atoms with van der Waals surface area (Å²) in [4.78, 5) is 15.7. The molecule has 0 aliphatic rings. The van der Waals surface area contributed by atoms with Gasteiger partial charge in [-0.25, -0.2) is 15.0 Å². The van der Waals surface area contributed by atoms with Gasteiger partial charge >= 0.3 is 0 Å². The first-order valence-corrected chi connectivity index (χ1v) is 18.8. The Kier molecular flexibility index (Phi) is 6.56. The van der Waals surface area contributed by atoms with Crippen LogP contribution in [0.15, 0.2) is 185 Å². The molecule has 12 rings (SSSR count). The van der Waals surface area contributed by atoms with E-state index in [-0.39, 0.29) is 0 Å². The Bertz CT molecular complexity index is 3550. The van der Waals surface area contributed by atoms with Gasteiger partial charge in [-0.15, -0.1) is 0 Å². The number of rotatable bonds is 4. The molecule has 0 saturated carbocycles. The van der Waals surface area contributed by atoms with Gasteiger partial charge in [0.25, 0.3) is 0 Å².